The van der Waals surface area contributed by atoms with Crippen LogP contribution in [0.4, 0.5) is 0 Å². The highest BCUT2D eigenvalue weighted by molar-refractivity contribution is 5.80. The summed E-state index contributed by atoms with van der Waals surface area (Å²) >= 11 is 0. The Kier molecular flexibility index (Phi) is 4.64. The number of fused-ring (bicyclic) bond motifs is 1. The number of morpholine rings is 1. The molecule has 2 aliphatic heterocycles. The average molecular weight is 302 g/mol. The number of ether oxygens (including phenoxy) is 1. The number of hydrogen-bond acceptors (Lipinski definition) is 3. The zero-order valence-corrected chi connectivity index (χ0v) is 13.8. The maximum absolute atomic E-state index is 6.02. The Balaban J connectivity index is 1.71. The number of benzene rings is 1. The third-order valence-corrected chi connectivity index (χ3v) is 4.53. The highest BCUT2D eigenvalue weighted by atomic mass is 16.5. The van der Waals surface area contributed by atoms with Gasteiger partial charge >= 0.3 is 0 Å². The molecule has 2 atom stereocenters. The molecule has 5 nitrogen and oxygen atoms in total. The van der Waals surface area contributed by atoms with Crippen LogP contribution in [0, 0.1) is 0 Å². The van der Waals surface area contributed by atoms with Gasteiger partial charge in [-0.15, -0.1) is 0 Å². The lowest BCUT2D eigenvalue weighted by Gasteiger charge is -2.36. The van der Waals surface area contributed by atoms with E-state index >= 15 is 0 Å². The minimum atomic E-state index is 0.286. The molecular formula is C17H26N4O. The van der Waals surface area contributed by atoms with Crippen LogP contribution in [0.1, 0.15) is 5.56 Å². The van der Waals surface area contributed by atoms with Crippen LogP contribution in [0.15, 0.2) is 35.3 Å². The van der Waals surface area contributed by atoms with Crippen LogP contribution in [-0.2, 0) is 11.3 Å². The molecule has 120 valence electrons. The molecule has 1 aromatic carbocycles. The average Bonchev–Trinajstić information content (AvgIpc) is 2.93. The van der Waals surface area contributed by atoms with E-state index in [4.69, 9.17) is 4.74 Å². The predicted octanol–water partition coefficient (Wildman–Crippen LogP) is 1.12. The van der Waals surface area contributed by atoms with Gasteiger partial charge in [-0.2, -0.15) is 0 Å². The van der Waals surface area contributed by atoms with Gasteiger partial charge < -0.3 is 14.5 Å². The highest BCUT2D eigenvalue weighted by Crippen LogP contribution is 2.25. The minimum absolute atomic E-state index is 0.286. The molecule has 0 spiro atoms. The molecule has 2 aliphatic rings. The van der Waals surface area contributed by atoms with Gasteiger partial charge in [-0.1, -0.05) is 30.3 Å². The Morgan fingerprint density at radius 2 is 2.05 bits per heavy atom. The quantitative estimate of drug-likeness (QED) is 0.605. The number of guanidine groups is 1. The highest BCUT2D eigenvalue weighted by Gasteiger charge is 2.41. The second-order valence-corrected chi connectivity index (χ2v) is 6.26. The monoisotopic (exact) mass is 302 g/mol. The first-order valence-corrected chi connectivity index (χ1v) is 7.97. The molecule has 3 rings (SSSR count). The van der Waals surface area contributed by atoms with E-state index in [0.717, 1.165) is 38.7 Å². The van der Waals surface area contributed by atoms with Crippen molar-refractivity contribution in [2.24, 2.45) is 4.99 Å². The summed E-state index contributed by atoms with van der Waals surface area (Å²) < 4.78 is 6.02. The number of aliphatic imine (C=N–C) groups is 1. The van der Waals surface area contributed by atoms with Crippen LogP contribution < -0.4 is 0 Å². The van der Waals surface area contributed by atoms with Gasteiger partial charge in [0.15, 0.2) is 5.96 Å². The summed E-state index contributed by atoms with van der Waals surface area (Å²) in [7, 11) is 5.96. The fourth-order valence-electron chi connectivity index (χ4n) is 3.56. The molecule has 0 amide bonds. The van der Waals surface area contributed by atoms with E-state index < -0.39 is 0 Å². The van der Waals surface area contributed by atoms with Crippen molar-refractivity contribution in [1.82, 2.24) is 14.7 Å². The lowest BCUT2D eigenvalue weighted by molar-refractivity contribution is -0.0502. The van der Waals surface area contributed by atoms with Gasteiger partial charge in [0.1, 0.15) is 0 Å². The number of nitrogens with zero attached hydrogens (tertiary/aromatic N) is 4. The van der Waals surface area contributed by atoms with E-state index in [1.165, 1.54) is 5.56 Å². The fraction of sp³-hybridized carbons (Fsp3) is 0.588. The van der Waals surface area contributed by atoms with Crippen LogP contribution >= 0.6 is 0 Å². The molecule has 0 saturated carbocycles. The van der Waals surface area contributed by atoms with Gasteiger partial charge in [0.05, 0.1) is 18.8 Å². The summed E-state index contributed by atoms with van der Waals surface area (Å²) in [5.41, 5.74) is 1.37. The zero-order chi connectivity index (χ0) is 15.5. The minimum Gasteiger partial charge on any atom is -0.373 e. The van der Waals surface area contributed by atoms with Crippen LogP contribution in [0.25, 0.3) is 0 Å². The maximum atomic E-state index is 6.02. The summed E-state index contributed by atoms with van der Waals surface area (Å²) in [5, 5.41) is 0. The largest absolute Gasteiger partial charge is 0.373 e. The molecular weight excluding hydrogens is 276 g/mol. The third kappa shape index (κ3) is 3.10. The first-order valence-electron chi connectivity index (χ1n) is 7.97. The molecule has 2 fully saturated rings. The van der Waals surface area contributed by atoms with Gasteiger partial charge in [0, 0.05) is 47.3 Å². The van der Waals surface area contributed by atoms with E-state index in [-0.39, 0.29) is 6.10 Å². The second-order valence-electron chi connectivity index (χ2n) is 6.26. The van der Waals surface area contributed by atoms with Crippen molar-refractivity contribution in [2.45, 2.75) is 18.7 Å². The number of hydrogen-bond donors (Lipinski definition) is 0. The summed E-state index contributed by atoms with van der Waals surface area (Å²) in [6, 6.07) is 11.2. The maximum Gasteiger partial charge on any atom is 0.195 e. The molecule has 1 aromatic rings. The van der Waals surface area contributed by atoms with Crippen molar-refractivity contribution < 1.29 is 4.74 Å². The fourth-order valence-corrected chi connectivity index (χ4v) is 3.56. The van der Waals surface area contributed by atoms with E-state index in [1.807, 2.05) is 21.1 Å². The summed E-state index contributed by atoms with van der Waals surface area (Å²) in [6.45, 7) is 4.75. The molecule has 5 heteroatoms. The van der Waals surface area contributed by atoms with Crippen molar-refractivity contribution in [3.63, 3.8) is 0 Å². The standard InChI is InChI=1S/C17H26N4O/c1-18-17(19(2)3)21-12-15-16(13-21)22-10-9-20(15)11-14-7-5-4-6-8-14/h4-8,15-16H,9-13H2,1-3H3. The molecule has 22 heavy (non-hydrogen) atoms. The van der Waals surface area contributed by atoms with Crippen molar-refractivity contribution in [2.75, 3.05) is 47.4 Å². The molecule has 0 bridgehead atoms. The van der Waals surface area contributed by atoms with E-state index in [0.29, 0.717) is 6.04 Å². The third-order valence-electron chi connectivity index (χ3n) is 4.53. The first-order chi connectivity index (χ1) is 10.7. The van der Waals surface area contributed by atoms with E-state index in [9.17, 15) is 0 Å². The molecule has 2 saturated heterocycles. The van der Waals surface area contributed by atoms with Gasteiger partial charge in [-0.3, -0.25) is 9.89 Å². The molecule has 2 heterocycles. The Labute approximate surface area is 133 Å². The van der Waals surface area contributed by atoms with E-state index in [1.54, 1.807) is 0 Å². The van der Waals surface area contributed by atoms with Crippen LogP contribution in [0.3, 0.4) is 0 Å². The van der Waals surface area contributed by atoms with Crippen LogP contribution in [-0.4, -0.2) is 80.2 Å². The molecule has 0 aliphatic carbocycles. The van der Waals surface area contributed by atoms with Crippen molar-refractivity contribution >= 4 is 5.96 Å². The lowest BCUT2D eigenvalue weighted by atomic mass is 10.1. The van der Waals surface area contributed by atoms with Crippen LogP contribution in [0.5, 0.6) is 0 Å². The second kappa shape index (κ2) is 6.67. The van der Waals surface area contributed by atoms with Crippen molar-refractivity contribution in [3.8, 4) is 0 Å². The SMILES string of the molecule is CN=C(N(C)C)N1CC2OCCN(Cc3ccccc3)C2C1. The Morgan fingerprint density at radius 3 is 2.73 bits per heavy atom. The first kappa shape index (κ1) is 15.3. The van der Waals surface area contributed by atoms with Gasteiger partial charge in [-0.25, -0.2) is 0 Å². The van der Waals surface area contributed by atoms with E-state index in [2.05, 4.69) is 50.0 Å². The molecule has 0 N–H and O–H groups in total. The summed E-state index contributed by atoms with van der Waals surface area (Å²) in [6.07, 6.45) is 0.286. The number of rotatable bonds is 2. The van der Waals surface area contributed by atoms with Gasteiger partial charge in [0.2, 0.25) is 0 Å². The molecule has 0 aromatic heterocycles. The van der Waals surface area contributed by atoms with Gasteiger partial charge in [0.25, 0.3) is 0 Å². The predicted molar refractivity (Wildman–Crippen MR) is 89.0 cm³/mol. The lowest BCUT2D eigenvalue weighted by Crippen LogP contribution is -2.50. The van der Waals surface area contributed by atoms with Gasteiger partial charge in [-0.05, 0) is 5.56 Å². The molecule has 0 radical (unpaired) electrons. The van der Waals surface area contributed by atoms with Crippen molar-refractivity contribution in [3.05, 3.63) is 35.9 Å². The molecule has 2 unspecified atom stereocenters. The smallest absolute Gasteiger partial charge is 0.195 e. The zero-order valence-electron chi connectivity index (χ0n) is 13.8. The topological polar surface area (TPSA) is 31.3 Å². The Bertz CT molecular complexity index is 517. The normalized spacial score (nSPS) is 26.1. The Hall–Kier alpha value is -1.59. The Morgan fingerprint density at radius 1 is 1.27 bits per heavy atom. The summed E-state index contributed by atoms with van der Waals surface area (Å²) in [5.74, 6) is 1.04. The number of likely N-dealkylation sites (tertiary alicyclic amines) is 1. The summed E-state index contributed by atoms with van der Waals surface area (Å²) in [4.78, 5) is 11.4. The van der Waals surface area contributed by atoms with Crippen LogP contribution in [0.2, 0.25) is 0 Å². The van der Waals surface area contributed by atoms with Crippen molar-refractivity contribution in [1.29, 1.82) is 0 Å².